The maximum Gasteiger partial charge on any atom is 0.323 e. The summed E-state index contributed by atoms with van der Waals surface area (Å²) < 4.78 is 5.41. The summed E-state index contributed by atoms with van der Waals surface area (Å²) >= 11 is 0. The number of nitrogens with one attached hydrogen (secondary N) is 2. The summed E-state index contributed by atoms with van der Waals surface area (Å²) in [4.78, 5) is 14.7. The van der Waals surface area contributed by atoms with E-state index in [0.29, 0.717) is 18.6 Å². The normalized spacial score (nSPS) is 11.0. The van der Waals surface area contributed by atoms with Gasteiger partial charge in [-0.3, -0.25) is 5.43 Å². The summed E-state index contributed by atoms with van der Waals surface area (Å²) in [6, 6.07) is 0.825. The fourth-order valence-electron chi connectivity index (χ4n) is 1.54. The van der Waals surface area contributed by atoms with Crippen LogP contribution in [0.5, 0.6) is 6.01 Å². The quantitative estimate of drug-likeness (QED) is 0.335. The summed E-state index contributed by atoms with van der Waals surface area (Å²) in [5.74, 6) is 6.11. The summed E-state index contributed by atoms with van der Waals surface area (Å²) in [6.07, 6.45) is 1.89. The Balaban J connectivity index is 2.49. The van der Waals surface area contributed by atoms with Crippen LogP contribution in [0.1, 0.15) is 33.6 Å². The molecule has 1 rings (SSSR count). The van der Waals surface area contributed by atoms with Gasteiger partial charge in [-0.05, 0) is 40.3 Å². The van der Waals surface area contributed by atoms with Gasteiger partial charge in [0.25, 0.3) is 0 Å². The molecule has 0 fully saturated rings. The minimum Gasteiger partial charge on any atom is -0.463 e. The third kappa shape index (κ3) is 6.54. The number of aromatic nitrogens is 3. The van der Waals surface area contributed by atoms with E-state index in [1.54, 1.807) is 0 Å². The molecular weight excluding hydrogens is 270 g/mol. The van der Waals surface area contributed by atoms with Crippen molar-refractivity contribution in [1.82, 2.24) is 19.9 Å². The van der Waals surface area contributed by atoms with E-state index in [-0.39, 0.29) is 12.0 Å². The van der Waals surface area contributed by atoms with Crippen LogP contribution >= 0.6 is 0 Å². The molecule has 0 bridgehead atoms. The van der Waals surface area contributed by atoms with Crippen molar-refractivity contribution >= 4 is 11.9 Å². The van der Waals surface area contributed by atoms with E-state index < -0.39 is 0 Å². The van der Waals surface area contributed by atoms with Gasteiger partial charge in [0.05, 0.1) is 6.61 Å². The first kappa shape index (κ1) is 17.4. The first-order valence-corrected chi connectivity index (χ1v) is 7.36. The molecule has 0 aliphatic carbocycles. The van der Waals surface area contributed by atoms with Crippen LogP contribution < -0.4 is 21.3 Å². The molecule has 21 heavy (non-hydrogen) atoms. The Morgan fingerprint density at radius 3 is 2.57 bits per heavy atom. The number of nitrogens with zero attached hydrogens (tertiary/aromatic N) is 4. The summed E-state index contributed by atoms with van der Waals surface area (Å²) in [7, 11) is 2.11. The van der Waals surface area contributed by atoms with Crippen molar-refractivity contribution in [2.45, 2.75) is 39.7 Å². The summed E-state index contributed by atoms with van der Waals surface area (Å²) in [5.41, 5.74) is 2.42. The highest BCUT2D eigenvalue weighted by molar-refractivity contribution is 5.34. The van der Waals surface area contributed by atoms with E-state index in [1.807, 2.05) is 6.92 Å². The standard InChI is InChI=1S/C13H27N7O/c1-5-9-21-13-17-11(16-12(18-13)19-14)15-7-6-8-20(4)10(2)3/h10H,5-9,14H2,1-4H3,(H2,15,16,17,18,19). The molecule has 0 amide bonds. The third-order valence-electron chi connectivity index (χ3n) is 3.03. The monoisotopic (exact) mass is 297 g/mol. The van der Waals surface area contributed by atoms with E-state index in [0.717, 1.165) is 25.9 Å². The lowest BCUT2D eigenvalue weighted by Gasteiger charge is -2.20. The van der Waals surface area contributed by atoms with E-state index in [4.69, 9.17) is 10.6 Å². The molecule has 4 N–H and O–H groups in total. The lowest BCUT2D eigenvalue weighted by atomic mass is 10.3. The van der Waals surface area contributed by atoms with Gasteiger partial charge in [0.1, 0.15) is 0 Å². The van der Waals surface area contributed by atoms with Gasteiger partial charge in [0.15, 0.2) is 0 Å². The Morgan fingerprint density at radius 2 is 1.95 bits per heavy atom. The molecule has 120 valence electrons. The number of nitrogens with two attached hydrogens (primary N) is 1. The molecule has 1 aromatic rings. The molecule has 0 unspecified atom stereocenters. The average molecular weight is 297 g/mol. The highest BCUT2D eigenvalue weighted by Gasteiger charge is 2.07. The van der Waals surface area contributed by atoms with Crippen LogP contribution in [-0.4, -0.2) is 52.6 Å². The molecule has 1 aromatic heterocycles. The van der Waals surface area contributed by atoms with Crippen LogP contribution in [-0.2, 0) is 0 Å². The predicted octanol–water partition coefficient (Wildman–Crippen LogP) is 1.09. The first-order chi connectivity index (χ1) is 10.1. The Bertz CT molecular complexity index is 414. The minimum atomic E-state index is 0.279. The smallest absolute Gasteiger partial charge is 0.323 e. The second-order valence-electron chi connectivity index (χ2n) is 5.11. The number of hydrogen-bond acceptors (Lipinski definition) is 8. The zero-order valence-electron chi connectivity index (χ0n) is 13.4. The van der Waals surface area contributed by atoms with Crippen molar-refractivity contribution in [2.24, 2.45) is 5.84 Å². The van der Waals surface area contributed by atoms with E-state index >= 15 is 0 Å². The highest BCUT2D eigenvalue weighted by Crippen LogP contribution is 2.10. The number of hydrogen-bond donors (Lipinski definition) is 3. The zero-order chi connectivity index (χ0) is 15.7. The van der Waals surface area contributed by atoms with Crippen molar-refractivity contribution < 1.29 is 4.74 Å². The fraction of sp³-hybridized carbons (Fsp3) is 0.769. The Labute approximate surface area is 126 Å². The van der Waals surface area contributed by atoms with Crippen molar-refractivity contribution in [3.63, 3.8) is 0 Å². The Kier molecular flexibility index (Phi) is 7.70. The van der Waals surface area contributed by atoms with Crippen LogP contribution in [0.4, 0.5) is 11.9 Å². The van der Waals surface area contributed by atoms with Crippen molar-refractivity contribution in [1.29, 1.82) is 0 Å². The topological polar surface area (TPSA) is 101 Å². The van der Waals surface area contributed by atoms with Crippen LogP contribution in [0.15, 0.2) is 0 Å². The van der Waals surface area contributed by atoms with Gasteiger partial charge in [0.2, 0.25) is 11.9 Å². The SMILES string of the molecule is CCCOc1nc(NN)nc(NCCCN(C)C(C)C)n1. The van der Waals surface area contributed by atoms with Gasteiger partial charge in [-0.1, -0.05) is 6.92 Å². The molecular formula is C13H27N7O. The van der Waals surface area contributed by atoms with Crippen molar-refractivity contribution in [3.8, 4) is 6.01 Å². The van der Waals surface area contributed by atoms with Gasteiger partial charge < -0.3 is 15.0 Å². The molecule has 1 heterocycles. The number of ether oxygens (including phenoxy) is 1. The number of hydrazine groups is 1. The van der Waals surface area contributed by atoms with Crippen molar-refractivity contribution in [3.05, 3.63) is 0 Å². The lowest BCUT2D eigenvalue weighted by molar-refractivity contribution is 0.273. The molecule has 0 atom stereocenters. The molecule has 8 nitrogen and oxygen atoms in total. The summed E-state index contributed by atoms with van der Waals surface area (Å²) in [5, 5.41) is 3.17. The van der Waals surface area contributed by atoms with Crippen LogP contribution in [0.2, 0.25) is 0 Å². The number of nitrogen functional groups attached to an aromatic ring is 1. The fourth-order valence-corrected chi connectivity index (χ4v) is 1.54. The van der Waals surface area contributed by atoms with Crippen LogP contribution in [0.25, 0.3) is 0 Å². The predicted molar refractivity (Wildman–Crippen MR) is 84.3 cm³/mol. The van der Waals surface area contributed by atoms with E-state index in [2.05, 4.69) is 51.5 Å². The van der Waals surface area contributed by atoms with Gasteiger partial charge in [-0.25, -0.2) is 5.84 Å². The van der Waals surface area contributed by atoms with E-state index in [9.17, 15) is 0 Å². The van der Waals surface area contributed by atoms with Gasteiger partial charge in [0, 0.05) is 12.6 Å². The largest absolute Gasteiger partial charge is 0.463 e. The Morgan fingerprint density at radius 1 is 1.24 bits per heavy atom. The second-order valence-corrected chi connectivity index (χ2v) is 5.11. The molecule has 0 aliphatic rings. The first-order valence-electron chi connectivity index (χ1n) is 7.36. The molecule has 0 radical (unpaired) electrons. The van der Waals surface area contributed by atoms with Crippen LogP contribution in [0.3, 0.4) is 0 Å². The maximum absolute atomic E-state index is 5.41. The van der Waals surface area contributed by atoms with Gasteiger partial charge in [-0.15, -0.1) is 0 Å². The molecule has 0 aliphatic heterocycles. The molecule has 0 saturated heterocycles. The van der Waals surface area contributed by atoms with Gasteiger partial charge >= 0.3 is 6.01 Å². The molecule has 0 saturated carbocycles. The average Bonchev–Trinajstić information content (AvgIpc) is 2.48. The van der Waals surface area contributed by atoms with Gasteiger partial charge in [-0.2, -0.15) is 15.0 Å². The number of rotatable bonds is 10. The minimum absolute atomic E-state index is 0.279. The summed E-state index contributed by atoms with van der Waals surface area (Å²) in [6.45, 7) is 8.72. The zero-order valence-corrected chi connectivity index (χ0v) is 13.4. The maximum atomic E-state index is 5.41. The third-order valence-corrected chi connectivity index (χ3v) is 3.03. The number of anilines is 2. The van der Waals surface area contributed by atoms with E-state index in [1.165, 1.54) is 0 Å². The van der Waals surface area contributed by atoms with Crippen LogP contribution in [0, 0.1) is 0 Å². The molecule has 0 spiro atoms. The Hall–Kier alpha value is -1.67. The molecule has 0 aromatic carbocycles. The highest BCUT2D eigenvalue weighted by atomic mass is 16.5. The molecule has 8 heteroatoms. The second kappa shape index (κ2) is 9.30. The lowest BCUT2D eigenvalue weighted by Crippen LogP contribution is -2.28. The van der Waals surface area contributed by atoms with Crippen molar-refractivity contribution in [2.75, 3.05) is 37.5 Å².